The number of nitrogens with zero attached hydrogens (tertiary/aromatic N) is 1. The van der Waals surface area contributed by atoms with Crippen molar-refractivity contribution in [3.8, 4) is 0 Å². The molecule has 4 aliphatic carbocycles. The summed E-state index contributed by atoms with van der Waals surface area (Å²) in [6.45, 7) is 5.03. The topological polar surface area (TPSA) is 41.5 Å². The number of amides is 1. The van der Waals surface area contributed by atoms with E-state index in [2.05, 4.69) is 24.2 Å². The number of hydrogen-bond donors (Lipinski definition) is 1. The first kappa shape index (κ1) is 15.5. The second-order valence-electron chi connectivity index (χ2n) is 9.90. The van der Waals surface area contributed by atoms with Crippen LogP contribution in [0.2, 0.25) is 0 Å². The van der Waals surface area contributed by atoms with Crippen molar-refractivity contribution in [1.29, 1.82) is 0 Å². The van der Waals surface area contributed by atoms with Crippen LogP contribution >= 0.6 is 0 Å². The van der Waals surface area contributed by atoms with E-state index in [0.29, 0.717) is 11.8 Å². The minimum Gasteiger partial charge on any atom is -0.311 e. The second kappa shape index (κ2) is 5.16. The molecule has 132 valence electrons. The monoisotopic (exact) mass is 328 g/mol. The van der Waals surface area contributed by atoms with E-state index in [1.165, 1.54) is 50.7 Å². The molecule has 4 saturated carbocycles. The third-order valence-electron chi connectivity index (χ3n) is 8.76. The molecular formula is C21H32N2O. The SMILES string of the molecule is C[C@]12CCC(=O)N=C1CC[C@@H]1[C@H]2CC[C@]2(C)C(NC3CC3)CC[C@@H]12. The molecule has 0 aromatic carbocycles. The van der Waals surface area contributed by atoms with Crippen molar-refractivity contribution in [2.45, 2.75) is 90.1 Å². The summed E-state index contributed by atoms with van der Waals surface area (Å²) in [5.41, 5.74) is 1.99. The Hall–Kier alpha value is -0.700. The number of hydrogen-bond acceptors (Lipinski definition) is 2. The smallest absolute Gasteiger partial charge is 0.245 e. The molecule has 0 radical (unpaired) electrons. The normalized spacial score (nSPS) is 50.8. The Morgan fingerprint density at radius 2 is 1.79 bits per heavy atom. The lowest BCUT2D eigenvalue weighted by Crippen LogP contribution is -2.55. The van der Waals surface area contributed by atoms with Crippen molar-refractivity contribution >= 4 is 11.6 Å². The van der Waals surface area contributed by atoms with Crippen LogP contribution in [-0.2, 0) is 4.79 Å². The highest BCUT2D eigenvalue weighted by Gasteiger charge is 2.59. The molecule has 1 N–H and O–H groups in total. The van der Waals surface area contributed by atoms with Crippen LogP contribution in [0, 0.1) is 28.6 Å². The van der Waals surface area contributed by atoms with Crippen molar-refractivity contribution < 1.29 is 4.79 Å². The van der Waals surface area contributed by atoms with Gasteiger partial charge in [0, 0.05) is 29.6 Å². The third-order valence-corrected chi connectivity index (χ3v) is 8.76. The van der Waals surface area contributed by atoms with Gasteiger partial charge in [0.25, 0.3) is 0 Å². The molecule has 0 spiro atoms. The van der Waals surface area contributed by atoms with Crippen LogP contribution in [0.25, 0.3) is 0 Å². The summed E-state index contributed by atoms with van der Waals surface area (Å²) in [5, 5.41) is 3.99. The zero-order valence-electron chi connectivity index (χ0n) is 15.3. The minimum absolute atomic E-state index is 0.135. The Kier molecular flexibility index (Phi) is 3.34. The highest BCUT2D eigenvalue weighted by atomic mass is 16.1. The molecule has 1 amide bonds. The van der Waals surface area contributed by atoms with E-state index < -0.39 is 0 Å². The predicted molar refractivity (Wildman–Crippen MR) is 96.0 cm³/mol. The predicted octanol–water partition coefficient (Wildman–Crippen LogP) is 4.11. The summed E-state index contributed by atoms with van der Waals surface area (Å²) >= 11 is 0. The summed E-state index contributed by atoms with van der Waals surface area (Å²) in [7, 11) is 0. The molecule has 3 heteroatoms. The van der Waals surface area contributed by atoms with Gasteiger partial charge in [0.15, 0.2) is 0 Å². The lowest BCUT2D eigenvalue weighted by atomic mass is 9.48. The van der Waals surface area contributed by atoms with Crippen LogP contribution < -0.4 is 5.32 Å². The first-order chi connectivity index (χ1) is 11.5. The largest absolute Gasteiger partial charge is 0.311 e. The van der Waals surface area contributed by atoms with Crippen molar-refractivity contribution in [3.63, 3.8) is 0 Å². The van der Waals surface area contributed by atoms with E-state index in [1.807, 2.05) is 0 Å². The fraction of sp³-hybridized carbons (Fsp3) is 0.905. The first-order valence-electron chi connectivity index (χ1n) is 10.4. The number of nitrogens with one attached hydrogen (secondary N) is 1. The highest BCUT2D eigenvalue weighted by Crippen LogP contribution is 2.63. The lowest BCUT2D eigenvalue weighted by Gasteiger charge is -2.57. The molecule has 3 nitrogen and oxygen atoms in total. The van der Waals surface area contributed by atoms with Crippen LogP contribution in [0.4, 0.5) is 0 Å². The van der Waals surface area contributed by atoms with E-state index in [9.17, 15) is 4.79 Å². The molecule has 5 rings (SSSR count). The molecular weight excluding hydrogens is 296 g/mol. The van der Waals surface area contributed by atoms with Gasteiger partial charge in [-0.05, 0) is 81.0 Å². The maximum absolute atomic E-state index is 11.8. The van der Waals surface area contributed by atoms with Gasteiger partial charge in [0.05, 0.1) is 0 Å². The van der Waals surface area contributed by atoms with Gasteiger partial charge in [-0.15, -0.1) is 0 Å². The number of rotatable bonds is 2. The molecule has 1 unspecified atom stereocenters. The molecule has 0 saturated heterocycles. The second-order valence-corrected chi connectivity index (χ2v) is 9.90. The Labute approximate surface area is 146 Å². The van der Waals surface area contributed by atoms with Gasteiger partial charge in [-0.2, -0.15) is 0 Å². The van der Waals surface area contributed by atoms with Crippen LogP contribution in [0.3, 0.4) is 0 Å². The molecule has 5 aliphatic rings. The Balaban J connectivity index is 1.42. The van der Waals surface area contributed by atoms with Gasteiger partial charge in [0.2, 0.25) is 5.91 Å². The summed E-state index contributed by atoms with van der Waals surface area (Å²) in [6.07, 6.45) is 12.4. The zero-order chi connectivity index (χ0) is 16.5. The minimum atomic E-state index is 0.135. The lowest BCUT2D eigenvalue weighted by molar-refractivity contribution is -0.119. The Bertz CT molecular complexity index is 595. The van der Waals surface area contributed by atoms with E-state index in [1.54, 1.807) is 0 Å². The fourth-order valence-electron chi connectivity index (χ4n) is 7.18. The van der Waals surface area contributed by atoms with Gasteiger partial charge in [0.1, 0.15) is 0 Å². The van der Waals surface area contributed by atoms with E-state index in [-0.39, 0.29) is 11.3 Å². The number of carbonyl (C=O) groups is 1. The Morgan fingerprint density at radius 3 is 2.58 bits per heavy atom. The molecule has 6 atom stereocenters. The first-order valence-corrected chi connectivity index (χ1v) is 10.4. The molecule has 4 fully saturated rings. The molecule has 0 aromatic heterocycles. The average molecular weight is 329 g/mol. The van der Waals surface area contributed by atoms with E-state index in [0.717, 1.165) is 42.7 Å². The molecule has 24 heavy (non-hydrogen) atoms. The molecule has 0 bridgehead atoms. The van der Waals surface area contributed by atoms with Crippen molar-refractivity contribution in [2.75, 3.05) is 0 Å². The van der Waals surface area contributed by atoms with Gasteiger partial charge >= 0.3 is 0 Å². The summed E-state index contributed by atoms with van der Waals surface area (Å²) in [6, 6.07) is 1.59. The Morgan fingerprint density at radius 1 is 0.958 bits per heavy atom. The summed E-state index contributed by atoms with van der Waals surface area (Å²) < 4.78 is 0. The van der Waals surface area contributed by atoms with E-state index >= 15 is 0 Å². The summed E-state index contributed by atoms with van der Waals surface area (Å²) in [4.78, 5) is 16.3. The fourth-order valence-corrected chi connectivity index (χ4v) is 7.18. The summed E-state index contributed by atoms with van der Waals surface area (Å²) in [5.74, 6) is 2.67. The maximum atomic E-state index is 11.8. The van der Waals surface area contributed by atoms with Gasteiger partial charge < -0.3 is 5.32 Å². The third kappa shape index (κ3) is 2.12. The van der Waals surface area contributed by atoms with E-state index in [4.69, 9.17) is 0 Å². The van der Waals surface area contributed by atoms with Crippen LogP contribution in [0.15, 0.2) is 4.99 Å². The van der Waals surface area contributed by atoms with Crippen LogP contribution in [0.1, 0.15) is 78.1 Å². The van der Waals surface area contributed by atoms with Gasteiger partial charge in [-0.25, -0.2) is 4.99 Å². The number of carbonyl (C=O) groups excluding carboxylic acids is 1. The van der Waals surface area contributed by atoms with Crippen molar-refractivity contribution in [2.24, 2.45) is 33.6 Å². The number of aliphatic imine (C=N–C) groups is 1. The van der Waals surface area contributed by atoms with Gasteiger partial charge in [-0.3, -0.25) is 4.79 Å². The van der Waals surface area contributed by atoms with Crippen molar-refractivity contribution in [1.82, 2.24) is 5.32 Å². The van der Waals surface area contributed by atoms with Crippen molar-refractivity contribution in [3.05, 3.63) is 0 Å². The zero-order valence-corrected chi connectivity index (χ0v) is 15.3. The highest BCUT2D eigenvalue weighted by molar-refractivity contribution is 6.02. The molecule has 0 aromatic rings. The quantitative estimate of drug-likeness (QED) is 0.829. The molecule has 1 aliphatic heterocycles. The van der Waals surface area contributed by atoms with Crippen LogP contribution in [-0.4, -0.2) is 23.7 Å². The number of fused-ring (bicyclic) bond motifs is 5. The van der Waals surface area contributed by atoms with Crippen LogP contribution in [0.5, 0.6) is 0 Å². The standard InChI is InChI=1S/C21H32N2O/c1-20-11-9-16-14(15(20)6-8-17(20)22-13-3-4-13)5-7-18-21(16,2)12-10-19(24)23-18/h13-17,22H,3-12H2,1-2H3/t14-,15-,16+,17?,20-,21+/m0/s1. The maximum Gasteiger partial charge on any atom is 0.245 e. The van der Waals surface area contributed by atoms with Gasteiger partial charge in [-0.1, -0.05) is 13.8 Å². The average Bonchev–Trinajstić information content (AvgIpc) is 3.31. The molecule has 1 heterocycles.